The SMILES string of the molecule is CCC(CC)c1nn2cc(-c3ccc(Cl)c(Cl)c3)nc2s1. The molecule has 0 aliphatic carbocycles. The number of fused-ring (bicyclic) bond motifs is 1. The fourth-order valence-corrected chi connectivity index (χ4v) is 3.76. The molecule has 0 saturated carbocycles. The van der Waals surface area contributed by atoms with Crippen molar-refractivity contribution in [1.82, 2.24) is 14.6 Å². The summed E-state index contributed by atoms with van der Waals surface area (Å²) in [6.07, 6.45) is 4.15. The van der Waals surface area contributed by atoms with Crippen molar-refractivity contribution in [3.05, 3.63) is 39.4 Å². The lowest BCUT2D eigenvalue weighted by atomic mass is 10.1. The molecule has 2 heterocycles. The van der Waals surface area contributed by atoms with E-state index in [4.69, 9.17) is 23.2 Å². The van der Waals surface area contributed by atoms with E-state index in [0.29, 0.717) is 16.0 Å². The van der Waals surface area contributed by atoms with E-state index in [0.717, 1.165) is 34.1 Å². The Morgan fingerprint density at radius 1 is 1.19 bits per heavy atom. The van der Waals surface area contributed by atoms with E-state index in [9.17, 15) is 0 Å². The Morgan fingerprint density at radius 3 is 2.57 bits per heavy atom. The second-order valence-electron chi connectivity index (χ2n) is 4.94. The first kappa shape index (κ1) is 14.8. The predicted molar refractivity (Wildman–Crippen MR) is 89.6 cm³/mol. The zero-order valence-corrected chi connectivity index (χ0v) is 14.1. The highest BCUT2D eigenvalue weighted by Crippen LogP contribution is 2.31. The molecule has 1 aromatic carbocycles. The van der Waals surface area contributed by atoms with Crippen LogP contribution in [0.1, 0.15) is 37.6 Å². The summed E-state index contributed by atoms with van der Waals surface area (Å²) >= 11 is 13.7. The van der Waals surface area contributed by atoms with Gasteiger partial charge in [-0.05, 0) is 25.0 Å². The number of benzene rings is 1. The molecule has 3 aromatic rings. The lowest BCUT2D eigenvalue weighted by molar-refractivity contribution is 0.626. The van der Waals surface area contributed by atoms with Gasteiger partial charge in [-0.25, -0.2) is 9.50 Å². The van der Waals surface area contributed by atoms with Gasteiger partial charge in [-0.2, -0.15) is 5.10 Å². The maximum absolute atomic E-state index is 6.06. The Morgan fingerprint density at radius 2 is 1.95 bits per heavy atom. The van der Waals surface area contributed by atoms with Crippen LogP contribution in [-0.2, 0) is 0 Å². The van der Waals surface area contributed by atoms with Gasteiger partial charge >= 0.3 is 0 Å². The van der Waals surface area contributed by atoms with Gasteiger partial charge in [0.1, 0.15) is 5.01 Å². The van der Waals surface area contributed by atoms with Crippen LogP contribution in [0.5, 0.6) is 0 Å². The molecule has 6 heteroatoms. The van der Waals surface area contributed by atoms with Crippen LogP contribution >= 0.6 is 34.5 Å². The van der Waals surface area contributed by atoms with Gasteiger partial charge in [0, 0.05) is 11.5 Å². The molecule has 3 rings (SSSR count). The maximum Gasteiger partial charge on any atom is 0.212 e. The average Bonchev–Trinajstić information content (AvgIpc) is 3.02. The Balaban J connectivity index is 1.98. The van der Waals surface area contributed by atoms with Crippen LogP contribution < -0.4 is 0 Å². The predicted octanol–water partition coefficient (Wildman–Crippen LogP) is 5.67. The van der Waals surface area contributed by atoms with Gasteiger partial charge in [0.15, 0.2) is 0 Å². The maximum atomic E-state index is 6.06. The van der Waals surface area contributed by atoms with E-state index < -0.39 is 0 Å². The molecular weight excluding hydrogens is 325 g/mol. The van der Waals surface area contributed by atoms with Crippen LogP contribution in [0.25, 0.3) is 16.2 Å². The van der Waals surface area contributed by atoms with E-state index >= 15 is 0 Å². The van der Waals surface area contributed by atoms with Gasteiger partial charge < -0.3 is 0 Å². The highest BCUT2D eigenvalue weighted by Gasteiger charge is 2.15. The highest BCUT2D eigenvalue weighted by atomic mass is 35.5. The van der Waals surface area contributed by atoms with E-state index in [2.05, 4.69) is 23.9 Å². The van der Waals surface area contributed by atoms with Crippen molar-refractivity contribution in [3.63, 3.8) is 0 Å². The van der Waals surface area contributed by atoms with E-state index in [1.807, 2.05) is 22.8 Å². The Kier molecular flexibility index (Phi) is 4.20. The van der Waals surface area contributed by atoms with Crippen LogP contribution in [0.4, 0.5) is 0 Å². The van der Waals surface area contributed by atoms with Crippen molar-refractivity contribution in [3.8, 4) is 11.3 Å². The van der Waals surface area contributed by atoms with E-state index in [1.54, 1.807) is 17.4 Å². The molecule has 0 aliphatic heterocycles. The second-order valence-corrected chi connectivity index (χ2v) is 6.74. The Labute approximate surface area is 137 Å². The number of hydrogen-bond donors (Lipinski definition) is 0. The summed E-state index contributed by atoms with van der Waals surface area (Å²) in [7, 11) is 0. The molecule has 110 valence electrons. The van der Waals surface area contributed by atoms with Crippen molar-refractivity contribution in [2.75, 3.05) is 0 Å². The molecule has 0 bridgehead atoms. The molecule has 0 aliphatic rings. The largest absolute Gasteiger partial charge is 0.217 e. The number of imidazole rings is 1. The highest BCUT2D eigenvalue weighted by molar-refractivity contribution is 7.16. The van der Waals surface area contributed by atoms with Crippen LogP contribution in [0.3, 0.4) is 0 Å². The molecule has 21 heavy (non-hydrogen) atoms. The average molecular weight is 340 g/mol. The number of halogens is 2. The number of rotatable bonds is 4. The van der Waals surface area contributed by atoms with Gasteiger partial charge in [-0.3, -0.25) is 0 Å². The number of hydrogen-bond acceptors (Lipinski definition) is 3. The summed E-state index contributed by atoms with van der Waals surface area (Å²) in [6, 6.07) is 5.54. The van der Waals surface area contributed by atoms with E-state index in [1.165, 1.54) is 0 Å². The summed E-state index contributed by atoms with van der Waals surface area (Å²) in [6.45, 7) is 4.39. The molecule has 0 saturated heterocycles. The quantitative estimate of drug-likeness (QED) is 0.613. The third-order valence-electron chi connectivity index (χ3n) is 3.61. The third kappa shape index (κ3) is 2.80. The standard InChI is InChI=1S/C15H15Cl2N3S/c1-3-9(4-2)14-19-20-8-13(18-15(20)21-14)10-5-6-11(16)12(17)7-10/h5-9H,3-4H2,1-2H3. The molecule has 0 unspecified atom stereocenters. The van der Waals surface area contributed by atoms with Gasteiger partial charge in [0.25, 0.3) is 0 Å². The smallest absolute Gasteiger partial charge is 0.212 e. The monoisotopic (exact) mass is 339 g/mol. The van der Waals surface area contributed by atoms with E-state index in [-0.39, 0.29) is 0 Å². The first-order chi connectivity index (χ1) is 10.1. The van der Waals surface area contributed by atoms with Crippen LogP contribution in [0, 0.1) is 0 Å². The Bertz CT molecular complexity index is 743. The van der Waals surface area contributed by atoms with Crippen molar-refractivity contribution in [2.24, 2.45) is 0 Å². The lowest BCUT2D eigenvalue weighted by Gasteiger charge is -2.06. The minimum absolute atomic E-state index is 0.519. The summed E-state index contributed by atoms with van der Waals surface area (Å²) in [5.41, 5.74) is 1.81. The molecule has 0 radical (unpaired) electrons. The normalized spacial score (nSPS) is 11.7. The summed E-state index contributed by atoms with van der Waals surface area (Å²) < 4.78 is 1.86. The second kappa shape index (κ2) is 5.95. The molecular formula is C15H15Cl2N3S. The summed E-state index contributed by atoms with van der Waals surface area (Å²) in [4.78, 5) is 5.56. The van der Waals surface area contributed by atoms with Crippen LogP contribution in [-0.4, -0.2) is 14.6 Å². The number of aromatic nitrogens is 3. The minimum Gasteiger partial charge on any atom is -0.217 e. The van der Waals surface area contributed by atoms with Gasteiger partial charge in [-0.1, -0.05) is 54.5 Å². The van der Waals surface area contributed by atoms with Crippen LogP contribution in [0.15, 0.2) is 24.4 Å². The van der Waals surface area contributed by atoms with Crippen molar-refractivity contribution in [1.29, 1.82) is 0 Å². The molecule has 0 fully saturated rings. The van der Waals surface area contributed by atoms with Crippen molar-refractivity contribution < 1.29 is 0 Å². The molecule has 0 amide bonds. The lowest BCUT2D eigenvalue weighted by Crippen LogP contribution is -1.95. The van der Waals surface area contributed by atoms with Crippen molar-refractivity contribution >= 4 is 39.5 Å². The topological polar surface area (TPSA) is 30.2 Å². The summed E-state index contributed by atoms with van der Waals surface area (Å²) in [5.74, 6) is 0.519. The fraction of sp³-hybridized carbons (Fsp3) is 0.333. The minimum atomic E-state index is 0.519. The summed E-state index contributed by atoms with van der Waals surface area (Å²) in [5, 5.41) is 6.90. The first-order valence-electron chi connectivity index (χ1n) is 6.93. The molecule has 2 aromatic heterocycles. The molecule has 3 nitrogen and oxygen atoms in total. The molecule has 0 N–H and O–H groups in total. The van der Waals surface area contributed by atoms with Gasteiger partial charge in [0.05, 0.1) is 21.9 Å². The van der Waals surface area contributed by atoms with Gasteiger partial charge in [-0.15, -0.1) is 0 Å². The Hall–Kier alpha value is -1.10. The first-order valence-corrected chi connectivity index (χ1v) is 8.51. The zero-order chi connectivity index (χ0) is 15.0. The van der Waals surface area contributed by atoms with Crippen molar-refractivity contribution in [2.45, 2.75) is 32.6 Å². The van der Waals surface area contributed by atoms with Crippen LogP contribution in [0.2, 0.25) is 10.0 Å². The molecule has 0 spiro atoms. The number of nitrogens with zero attached hydrogens (tertiary/aromatic N) is 3. The molecule has 0 atom stereocenters. The zero-order valence-electron chi connectivity index (χ0n) is 11.8. The third-order valence-corrected chi connectivity index (χ3v) is 5.43. The fourth-order valence-electron chi connectivity index (χ4n) is 2.31. The van der Waals surface area contributed by atoms with Gasteiger partial charge in [0.2, 0.25) is 4.96 Å².